The van der Waals surface area contributed by atoms with Crippen LogP contribution in [0.4, 0.5) is 11.5 Å². The largest absolute Gasteiger partial charge is 0.481 e. The molecule has 1 saturated heterocycles. The number of nitrogens with two attached hydrogens (primary N) is 1. The second-order valence-corrected chi connectivity index (χ2v) is 7.69. The molecule has 1 aliphatic rings. The first kappa shape index (κ1) is 18.0. The summed E-state index contributed by atoms with van der Waals surface area (Å²) in [5.74, 6) is -0.847. The maximum absolute atomic E-state index is 11.3. The quantitative estimate of drug-likeness (QED) is 0.627. The monoisotopic (exact) mass is 450 g/mol. The lowest BCUT2D eigenvalue weighted by atomic mass is 10.1. The Morgan fingerprint density at radius 2 is 2.19 bits per heavy atom. The van der Waals surface area contributed by atoms with E-state index in [1.54, 1.807) is 6.33 Å². The van der Waals surface area contributed by atoms with E-state index in [-0.39, 0.29) is 0 Å². The van der Waals surface area contributed by atoms with Gasteiger partial charge in [-0.05, 0) is 18.6 Å². The molecule has 1 fully saturated rings. The van der Waals surface area contributed by atoms with E-state index in [0.717, 1.165) is 15.7 Å². The number of fused-ring (bicyclic) bond motifs is 1. The van der Waals surface area contributed by atoms with Gasteiger partial charge in [-0.3, -0.25) is 4.79 Å². The standard InChI is InChI=1S/C17H16BrClN6O2/c18-11-1-2-12(19)14(24-4-3-9(5-24)17(26)27)10(11)6-25-8-23-13-15(20)21-7-22-16(13)25/h1-2,7-9H,3-6H2,(H,26,27)(H2,20,21,22). The van der Waals surface area contributed by atoms with Gasteiger partial charge in [-0.2, -0.15) is 0 Å². The molecule has 140 valence electrons. The first-order valence-corrected chi connectivity index (χ1v) is 9.48. The average molecular weight is 452 g/mol. The number of hydrogen-bond acceptors (Lipinski definition) is 6. The Labute approximate surface area is 168 Å². The third-order valence-corrected chi connectivity index (χ3v) is 5.84. The number of carboxylic acids is 1. The van der Waals surface area contributed by atoms with Crippen LogP contribution in [0.5, 0.6) is 0 Å². The van der Waals surface area contributed by atoms with Crippen molar-refractivity contribution < 1.29 is 9.90 Å². The number of rotatable bonds is 4. The van der Waals surface area contributed by atoms with Gasteiger partial charge >= 0.3 is 5.97 Å². The van der Waals surface area contributed by atoms with Crippen molar-refractivity contribution in [1.29, 1.82) is 0 Å². The van der Waals surface area contributed by atoms with E-state index >= 15 is 0 Å². The van der Waals surface area contributed by atoms with E-state index in [1.807, 2.05) is 21.6 Å². The van der Waals surface area contributed by atoms with Gasteiger partial charge in [0.05, 0.1) is 29.5 Å². The zero-order valence-electron chi connectivity index (χ0n) is 14.1. The summed E-state index contributed by atoms with van der Waals surface area (Å²) < 4.78 is 2.75. The van der Waals surface area contributed by atoms with Gasteiger partial charge in [-0.1, -0.05) is 27.5 Å². The zero-order valence-corrected chi connectivity index (χ0v) is 16.5. The van der Waals surface area contributed by atoms with Crippen LogP contribution in [0.25, 0.3) is 11.2 Å². The predicted octanol–water partition coefficient (Wildman–Crippen LogP) is 2.78. The number of carboxylic acid groups (broad SMARTS) is 1. The molecule has 0 amide bonds. The summed E-state index contributed by atoms with van der Waals surface area (Å²) >= 11 is 10.1. The SMILES string of the molecule is Nc1ncnc2c1ncn2Cc1c(Br)ccc(Cl)c1N1CCC(C(=O)O)C1. The van der Waals surface area contributed by atoms with Crippen molar-refractivity contribution in [2.75, 3.05) is 23.7 Å². The summed E-state index contributed by atoms with van der Waals surface area (Å²) in [6.45, 7) is 1.52. The van der Waals surface area contributed by atoms with Crippen molar-refractivity contribution >= 4 is 56.2 Å². The topological polar surface area (TPSA) is 110 Å². The lowest BCUT2D eigenvalue weighted by Crippen LogP contribution is -2.24. The van der Waals surface area contributed by atoms with Gasteiger partial charge in [-0.25, -0.2) is 15.0 Å². The van der Waals surface area contributed by atoms with Crippen LogP contribution in [0, 0.1) is 5.92 Å². The molecular weight excluding hydrogens is 436 g/mol. The Balaban J connectivity index is 1.75. The van der Waals surface area contributed by atoms with E-state index < -0.39 is 11.9 Å². The lowest BCUT2D eigenvalue weighted by Gasteiger charge is -2.24. The highest BCUT2D eigenvalue weighted by molar-refractivity contribution is 9.10. The van der Waals surface area contributed by atoms with Crippen LogP contribution >= 0.6 is 27.5 Å². The number of imidazole rings is 1. The van der Waals surface area contributed by atoms with Crippen LogP contribution in [0.2, 0.25) is 5.02 Å². The normalized spacial score (nSPS) is 17.0. The second-order valence-electron chi connectivity index (χ2n) is 6.43. The van der Waals surface area contributed by atoms with E-state index in [0.29, 0.717) is 48.1 Å². The fourth-order valence-electron chi connectivity index (χ4n) is 3.43. The molecule has 0 saturated carbocycles. The minimum atomic E-state index is -0.780. The highest BCUT2D eigenvalue weighted by Gasteiger charge is 2.31. The Morgan fingerprint density at radius 3 is 2.93 bits per heavy atom. The Hall–Kier alpha value is -2.39. The number of anilines is 2. The molecule has 3 N–H and O–H groups in total. The maximum atomic E-state index is 11.3. The number of aromatic nitrogens is 4. The molecule has 4 rings (SSSR count). The van der Waals surface area contributed by atoms with Crippen LogP contribution in [0.3, 0.4) is 0 Å². The molecule has 0 bridgehead atoms. The van der Waals surface area contributed by atoms with Crippen LogP contribution in [-0.4, -0.2) is 43.7 Å². The van der Waals surface area contributed by atoms with Crippen LogP contribution in [-0.2, 0) is 11.3 Å². The fourth-order valence-corrected chi connectivity index (χ4v) is 4.17. The van der Waals surface area contributed by atoms with Gasteiger partial charge in [0.25, 0.3) is 0 Å². The number of benzene rings is 1. The maximum Gasteiger partial charge on any atom is 0.308 e. The van der Waals surface area contributed by atoms with Gasteiger partial charge in [0.15, 0.2) is 11.5 Å². The van der Waals surface area contributed by atoms with Gasteiger partial charge in [0.1, 0.15) is 11.8 Å². The molecule has 27 heavy (non-hydrogen) atoms. The van der Waals surface area contributed by atoms with Crippen molar-refractivity contribution in [3.8, 4) is 0 Å². The van der Waals surface area contributed by atoms with Gasteiger partial charge in [0, 0.05) is 23.1 Å². The van der Waals surface area contributed by atoms with Crippen molar-refractivity contribution in [1.82, 2.24) is 19.5 Å². The van der Waals surface area contributed by atoms with E-state index in [4.69, 9.17) is 17.3 Å². The summed E-state index contributed by atoms with van der Waals surface area (Å²) in [5.41, 5.74) is 8.81. The molecule has 8 nitrogen and oxygen atoms in total. The smallest absolute Gasteiger partial charge is 0.308 e. The Kier molecular flexibility index (Phi) is 4.65. The third kappa shape index (κ3) is 3.21. The van der Waals surface area contributed by atoms with Crippen LogP contribution in [0.15, 0.2) is 29.3 Å². The first-order valence-electron chi connectivity index (χ1n) is 8.31. The number of carbonyl (C=O) groups is 1. The summed E-state index contributed by atoms with van der Waals surface area (Å²) in [6.07, 6.45) is 3.66. The minimum absolute atomic E-state index is 0.327. The van der Waals surface area contributed by atoms with E-state index in [9.17, 15) is 9.90 Å². The molecule has 0 radical (unpaired) electrons. The van der Waals surface area contributed by atoms with Crippen molar-refractivity contribution in [3.05, 3.63) is 39.8 Å². The minimum Gasteiger partial charge on any atom is -0.481 e. The van der Waals surface area contributed by atoms with E-state index in [2.05, 4.69) is 30.9 Å². The van der Waals surface area contributed by atoms with Gasteiger partial charge in [0.2, 0.25) is 0 Å². The molecular formula is C17H16BrClN6O2. The molecule has 1 atom stereocenters. The fraction of sp³-hybridized carbons (Fsp3) is 0.294. The molecule has 0 spiro atoms. The van der Waals surface area contributed by atoms with Gasteiger partial charge in [-0.15, -0.1) is 0 Å². The van der Waals surface area contributed by atoms with Crippen LogP contribution in [0.1, 0.15) is 12.0 Å². The second kappa shape index (κ2) is 6.97. The number of hydrogen-bond donors (Lipinski definition) is 2. The zero-order chi connectivity index (χ0) is 19.1. The molecule has 3 aromatic rings. The third-order valence-electron chi connectivity index (χ3n) is 4.79. The Bertz CT molecular complexity index is 1040. The number of aliphatic carboxylic acids is 1. The van der Waals surface area contributed by atoms with Gasteiger partial charge < -0.3 is 20.3 Å². The highest BCUT2D eigenvalue weighted by Crippen LogP contribution is 2.38. The molecule has 3 heterocycles. The predicted molar refractivity (Wildman–Crippen MR) is 106 cm³/mol. The van der Waals surface area contributed by atoms with Crippen LogP contribution < -0.4 is 10.6 Å². The Morgan fingerprint density at radius 1 is 1.37 bits per heavy atom. The molecule has 1 aliphatic heterocycles. The lowest BCUT2D eigenvalue weighted by molar-refractivity contribution is -0.140. The van der Waals surface area contributed by atoms with Crippen molar-refractivity contribution in [3.63, 3.8) is 0 Å². The van der Waals surface area contributed by atoms with Crippen molar-refractivity contribution in [2.45, 2.75) is 13.0 Å². The molecule has 2 aromatic heterocycles. The average Bonchev–Trinajstić information content (AvgIpc) is 3.27. The highest BCUT2D eigenvalue weighted by atomic mass is 79.9. The number of nitrogens with zero attached hydrogens (tertiary/aromatic N) is 5. The summed E-state index contributed by atoms with van der Waals surface area (Å²) in [7, 11) is 0. The summed E-state index contributed by atoms with van der Waals surface area (Å²) in [6, 6.07) is 3.69. The first-order chi connectivity index (χ1) is 13.0. The molecule has 10 heteroatoms. The van der Waals surface area contributed by atoms with Crippen molar-refractivity contribution in [2.24, 2.45) is 5.92 Å². The summed E-state index contributed by atoms with van der Waals surface area (Å²) in [4.78, 5) is 25.9. The van der Waals surface area contributed by atoms with E-state index in [1.165, 1.54) is 6.33 Å². The number of halogens is 2. The molecule has 1 unspecified atom stereocenters. The summed E-state index contributed by atoms with van der Waals surface area (Å²) in [5, 5.41) is 9.90. The number of nitrogen functional groups attached to an aromatic ring is 1. The molecule has 0 aliphatic carbocycles. The molecule has 1 aromatic carbocycles.